The van der Waals surface area contributed by atoms with E-state index in [2.05, 4.69) is 17.1 Å². The largest absolute Gasteiger partial charge is 0.488 e. The summed E-state index contributed by atoms with van der Waals surface area (Å²) in [4.78, 5) is 20.3. The van der Waals surface area contributed by atoms with Crippen molar-refractivity contribution in [1.29, 1.82) is 0 Å². The van der Waals surface area contributed by atoms with Crippen LogP contribution in [0.5, 0.6) is 5.75 Å². The molecule has 26 heavy (non-hydrogen) atoms. The topological polar surface area (TPSA) is 120 Å². The standard InChI is InChI=1S/C16H13ClN4O5/c1-2-7-26-16-6-3-11(8-13(16)17)10-18-19-14-5-4-12(20(22)23)9-15(14)21(24)25/h2-6,8-10,19H,1,7H2/b18-10+. The Morgan fingerprint density at radius 3 is 2.58 bits per heavy atom. The maximum atomic E-state index is 11.1. The van der Waals surface area contributed by atoms with Crippen molar-refractivity contribution in [2.45, 2.75) is 0 Å². The molecule has 0 aliphatic carbocycles. The zero-order valence-corrected chi connectivity index (χ0v) is 14.0. The third-order valence-corrected chi connectivity index (χ3v) is 3.40. The number of nitro benzene ring substituents is 2. The highest BCUT2D eigenvalue weighted by atomic mass is 35.5. The van der Waals surface area contributed by atoms with E-state index < -0.39 is 15.5 Å². The normalized spacial score (nSPS) is 10.5. The van der Waals surface area contributed by atoms with Crippen LogP contribution in [0.25, 0.3) is 0 Å². The third kappa shape index (κ3) is 4.77. The van der Waals surface area contributed by atoms with Gasteiger partial charge in [-0.2, -0.15) is 5.10 Å². The molecular weight excluding hydrogens is 364 g/mol. The average molecular weight is 377 g/mol. The highest BCUT2D eigenvalue weighted by Crippen LogP contribution is 2.29. The van der Waals surface area contributed by atoms with E-state index in [0.29, 0.717) is 22.9 Å². The van der Waals surface area contributed by atoms with E-state index in [1.54, 1.807) is 24.3 Å². The number of halogens is 1. The number of nitrogens with zero attached hydrogens (tertiary/aromatic N) is 3. The van der Waals surface area contributed by atoms with Crippen molar-refractivity contribution in [1.82, 2.24) is 0 Å². The summed E-state index contributed by atoms with van der Waals surface area (Å²) >= 11 is 6.08. The van der Waals surface area contributed by atoms with E-state index in [0.717, 1.165) is 12.1 Å². The van der Waals surface area contributed by atoms with E-state index in [1.807, 2.05) is 0 Å². The average Bonchev–Trinajstić information content (AvgIpc) is 2.61. The van der Waals surface area contributed by atoms with Crippen molar-refractivity contribution in [2.24, 2.45) is 5.10 Å². The molecule has 0 amide bonds. The summed E-state index contributed by atoms with van der Waals surface area (Å²) in [6.45, 7) is 3.86. The molecule has 0 bridgehead atoms. The van der Waals surface area contributed by atoms with Crippen molar-refractivity contribution >= 4 is 34.9 Å². The zero-order chi connectivity index (χ0) is 19.1. The van der Waals surface area contributed by atoms with Gasteiger partial charge in [0.05, 0.1) is 27.2 Å². The quantitative estimate of drug-likeness (QED) is 0.319. The zero-order valence-electron chi connectivity index (χ0n) is 13.3. The maximum absolute atomic E-state index is 11.1. The minimum atomic E-state index is -0.729. The second kappa shape index (κ2) is 8.58. The molecule has 0 fully saturated rings. The molecule has 2 rings (SSSR count). The Morgan fingerprint density at radius 1 is 1.19 bits per heavy atom. The number of hydrazone groups is 1. The van der Waals surface area contributed by atoms with Gasteiger partial charge in [0, 0.05) is 6.07 Å². The monoisotopic (exact) mass is 376 g/mol. The van der Waals surface area contributed by atoms with Gasteiger partial charge >= 0.3 is 5.69 Å². The van der Waals surface area contributed by atoms with Crippen LogP contribution in [0.3, 0.4) is 0 Å². The number of hydrogen-bond donors (Lipinski definition) is 1. The molecule has 1 N–H and O–H groups in total. The number of rotatable bonds is 8. The molecule has 0 saturated carbocycles. The fourth-order valence-corrected chi connectivity index (χ4v) is 2.16. The number of hydrogen-bond acceptors (Lipinski definition) is 7. The first-order chi connectivity index (χ1) is 12.4. The molecule has 0 aromatic heterocycles. The van der Waals surface area contributed by atoms with Crippen LogP contribution in [-0.2, 0) is 0 Å². The number of nitrogens with one attached hydrogen (secondary N) is 1. The van der Waals surface area contributed by atoms with Gasteiger partial charge in [-0.3, -0.25) is 25.7 Å². The number of ether oxygens (including phenoxy) is 1. The molecule has 2 aromatic rings. The van der Waals surface area contributed by atoms with Crippen LogP contribution in [-0.4, -0.2) is 22.7 Å². The highest BCUT2D eigenvalue weighted by Gasteiger charge is 2.19. The summed E-state index contributed by atoms with van der Waals surface area (Å²) in [5.41, 5.74) is 2.30. The van der Waals surface area contributed by atoms with Crippen LogP contribution >= 0.6 is 11.6 Å². The summed E-state index contributed by atoms with van der Waals surface area (Å²) < 4.78 is 5.35. The summed E-state index contributed by atoms with van der Waals surface area (Å²) in [5, 5.41) is 26.0. The Morgan fingerprint density at radius 2 is 1.96 bits per heavy atom. The predicted octanol–water partition coefficient (Wildman–Crippen LogP) is 4.17. The Hall–Kier alpha value is -3.46. The van der Waals surface area contributed by atoms with Gasteiger partial charge in [0.25, 0.3) is 5.69 Å². The molecule has 0 aliphatic rings. The van der Waals surface area contributed by atoms with Gasteiger partial charge in [-0.05, 0) is 29.8 Å². The summed E-state index contributed by atoms with van der Waals surface area (Å²) in [6, 6.07) is 8.18. The van der Waals surface area contributed by atoms with E-state index in [4.69, 9.17) is 16.3 Å². The van der Waals surface area contributed by atoms with Gasteiger partial charge < -0.3 is 4.74 Å². The Balaban J connectivity index is 2.15. The van der Waals surface area contributed by atoms with Gasteiger partial charge in [-0.1, -0.05) is 24.3 Å². The first-order valence-electron chi connectivity index (χ1n) is 7.17. The van der Waals surface area contributed by atoms with Crippen LogP contribution in [0, 0.1) is 20.2 Å². The number of anilines is 1. The SMILES string of the molecule is C=CCOc1ccc(/C=N/Nc2ccc([N+](=O)[O-])cc2[N+](=O)[O-])cc1Cl. The first-order valence-corrected chi connectivity index (χ1v) is 7.55. The van der Waals surface area contributed by atoms with Gasteiger partial charge in [0.2, 0.25) is 0 Å². The van der Waals surface area contributed by atoms with Crippen molar-refractivity contribution in [3.8, 4) is 5.75 Å². The maximum Gasteiger partial charge on any atom is 0.301 e. The minimum absolute atomic E-state index is 0.0221. The van der Waals surface area contributed by atoms with Crippen LogP contribution in [0.4, 0.5) is 17.1 Å². The lowest BCUT2D eigenvalue weighted by Crippen LogP contribution is -1.99. The first kappa shape index (κ1) is 18.9. The van der Waals surface area contributed by atoms with Crippen LogP contribution < -0.4 is 10.2 Å². The second-order valence-corrected chi connectivity index (χ2v) is 5.28. The molecule has 9 nitrogen and oxygen atoms in total. The molecule has 0 unspecified atom stereocenters. The van der Waals surface area contributed by atoms with Crippen molar-refractivity contribution in [2.75, 3.05) is 12.0 Å². The lowest BCUT2D eigenvalue weighted by atomic mass is 10.2. The van der Waals surface area contributed by atoms with Gasteiger partial charge in [0.1, 0.15) is 18.0 Å². The predicted molar refractivity (Wildman–Crippen MR) is 98.1 cm³/mol. The Bertz CT molecular complexity index is 885. The number of nitro groups is 2. The lowest BCUT2D eigenvalue weighted by Gasteiger charge is -2.06. The molecule has 2 aromatic carbocycles. The van der Waals surface area contributed by atoms with Crippen molar-refractivity contribution in [3.63, 3.8) is 0 Å². The van der Waals surface area contributed by atoms with Gasteiger partial charge in [-0.25, -0.2) is 0 Å². The van der Waals surface area contributed by atoms with Crippen LogP contribution in [0.2, 0.25) is 5.02 Å². The van der Waals surface area contributed by atoms with E-state index in [1.165, 1.54) is 12.3 Å². The smallest absolute Gasteiger partial charge is 0.301 e. The summed E-state index contributed by atoms with van der Waals surface area (Å²) in [7, 11) is 0. The Labute approximate surface area is 152 Å². The number of non-ortho nitro benzene ring substituents is 1. The van der Waals surface area contributed by atoms with Gasteiger partial charge in [0.15, 0.2) is 0 Å². The highest BCUT2D eigenvalue weighted by molar-refractivity contribution is 6.32. The molecule has 0 radical (unpaired) electrons. The molecule has 134 valence electrons. The lowest BCUT2D eigenvalue weighted by molar-refractivity contribution is -0.393. The molecule has 0 atom stereocenters. The van der Waals surface area contributed by atoms with Crippen molar-refractivity contribution in [3.05, 3.63) is 79.9 Å². The van der Waals surface area contributed by atoms with E-state index in [9.17, 15) is 20.2 Å². The summed E-state index contributed by atoms with van der Waals surface area (Å²) in [5.74, 6) is 0.489. The fraction of sp³-hybridized carbons (Fsp3) is 0.0625. The molecule has 0 saturated heterocycles. The minimum Gasteiger partial charge on any atom is -0.488 e. The number of benzene rings is 2. The van der Waals surface area contributed by atoms with E-state index in [-0.39, 0.29) is 11.4 Å². The van der Waals surface area contributed by atoms with Crippen molar-refractivity contribution < 1.29 is 14.6 Å². The fourth-order valence-electron chi connectivity index (χ4n) is 1.92. The van der Waals surface area contributed by atoms with E-state index >= 15 is 0 Å². The molecule has 10 heteroatoms. The molecular formula is C16H13ClN4O5. The van der Waals surface area contributed by atoms with Crippen LogP contribution in [0.15, 0.2) is 54.2 Å². The molecule has 0 heterocycles. The van der Waals surface area contributed by atoms with Crippen LogP contribution in [0.1, 0.15) is 5.56 Å². The second-order valence-electron chi connectivity index (χ2n) is 4.88. The molecule has 0 aliphatic heterocycles. The molecule has 0 spiro atoms. The third-order valence-electron chi connectivity index (χ3n) is 3.10. The Kier molecular flexibility index (Phi) is 6.23. The van der Waals surface area contributed by atoms with Gasteiger partial charge in [-0.15, -0.1) is 0 Å². The summed E-state index contributed by atoms with van der Waals surface area (Å²) in [6.07, 6.45) is 2.99.